The number of pyridine rings is 2. The molecule has 0 spiro atoms. The van der Waals surface area contributed by atoms with Crippen molar-refractivity contribution >= 4 is 23.8 Å². The third kappa shape index (κ3) is 11.7. The number of hydrogen-bond donors (Lipinski definition) is 3. The summed E-state index contributed by atoms with van der Waals surface area (Å²) in [6, 6.07) is 24.8. The molecule has 314 valence electrons. The maximum absolute atomic E-state index is 13.8. The van der Waals surface area contributed by atoms with Gasteiger partial charge in [0, 0.05) is 0 Å². The Morgan fingerprint density at radius 2 is 0.902 bits per heavy atom. The van der Waals surface area contributed by atoms with Crippen LogP contribution in [0, 0.1) is 23.3 Å². The van der Waals surface area contributed by atoms with E-state index < -0.39 is 58.1 Å². The Bertz CT molecular complexity index is 2530. The van der Waals surface area contributed by atoms with Gasteiger partial charge in [-0.25, -0.2) is 37.1 Å². The predicted octanol–water partition coefficient (Wildman–Crippen LogP) is 9.12. The highest BCUT2D eigenvalue weighted by atomic mass is 19.1. The van der Waals surface area contributed by atoms with Crippen molar-refractivity contribution in [3.05, 3.63) is 178 Å². The van der Waals surface area contributed by atoms with Gasteiger partial charge in [-0.3, -0.25) is 9.59 Å². The molecule has 0 saturated carbocycles. The van der Waals surface area contributed by atoms with Crippen LogP contribution in [-0.4, -0.2) is 45.9 Å². The number of carbonyl (C=O) groups is 4. The molecular formula is C45H38F4N4O8. The second kappa shape index (κ2) is 19.0. The van der Waals surface area contributed by atoms with E-state index in [4.69, 9.17) is 14.6 Å². The first kappa shape index (κ1) is 44.5. The van der Waals surface area contributed by atoms with Gasteiger partial charge < -0.3 is 30.0 Å². The summed E-state index contributed by atoms with van der Waals surface area (Å²) in [5, 5.41) is 14.6. The van der Waals surface area contributed by atoms with Crippen LogP contribution in [0.2, 0.25) is 0 Å². The number of carboxylic acid groups (broad SMARTS) is 1. The van der Waals surface area contributed by atoms with Crippen LogP contribution in [0.3, 0.4) is 0 Å². The zero-order chi connectivity index (χ0) is 44.5. The quantitative estimate of drug-likeness (QED) is 0.0799. The number of aromatic nitrogens is 2. The van der Waals surface area contributed by atoms with Gasteiger partial charge in [-0.2, -0.15) is 0 Å². The van der Waals surface area contributed by atoms with Crippen LogP contribution in [-0.2, 0) is 15.8 Å². The number of esters is 1. The SMILES string of the molecule is CC(C)(NC(=O)c1cc(F)cnc1Oc1ccc(F)cc1)c1ccc(C(=O)O)cc1.COC(=O)c1ccc(C(C)(C)NC(=O)c2cc(F)cnc2Oc2ccc(F)cc2)cc1. The topological polar surface area (TPSA) is 166 Å². The molecule has 0 aliphatic carbocycles. The molecule has 2 amide bonds. The van der Waals surface area contributed by atoms with Gasteiger partial charge in [-0.05, 0) is 124 Å². The number of nitrogens with zero attached hydrogens (tertiary/aromatic N) is 2. The number of halogens is 4. The molecule has 0 fully saturated rings. The highest BCUT2D eigenvalue weighted by molar-refractivity contribution is 5.97. The third-order valence-corrected chi connectivity index (χ3v) is 8.91. The second-order valence-corrected chi connectivity index (χ2v) is 14.2. The number of ether oxygens (including phenoxy) is 3. The molecule has 0 unspecified atom stereocenters. The number of nitrogens with one attached hydrogen (secondary N) is 2. The Morgan fingerprint density at radius 1 is 0.541 bits per heavy atom. The van der Waals surface area contributed by atoms with Gasteiger partial charge in [0.1, 0.15) is 45.9 Å². The lowest BCUT2D eigenvalue weighted by Gasteiger charge is -2.27. The number of methoxy groups -OCH3 is 1. The molecule has 0 aliphatic heterocycles. The average Bonchev–Trinajstić information content (AvgIpc) is 3.23. The van der Waals surface area contributed by atoms with E-state index in [1.54, 1.807) is 64.1 Å². The molecule has 2 aromatic heterocycles. The predicted molar refractivity (Wildman–Crippen MR) is 214 cm³/mol. The Morgan fingerprint density at radius 3 is 1.25 bits per heavy atom. The van der Waals surface area contributed by atoms with Gasteiger partial charge in [-0.15, -0.1) is 0 Å². The fourth-order valence-electron chi connectivity index (χ4n) is 5.59. The number of hydrogen-bond acceptors (Lipinski definition) is 9. The molecule has 0 saturated heterocycles. The second-order valence-electron chi connectivity index (χ2n) is 14.2. The van der Waals surface area contributed by atoms with Crippen molar-refractivity contribution in [2.24, 2.45) is 0 Å². The summed E-state index contributed by atoms with van der Waals surface area (Å²) in [6.07, 6.45) is 1.83. The Kier molecular flexibility index (Phi) is 13.8. The smallest absolute Gasteiger partial charge is 0.337 e. The summed E-state index contributed by atoms with van der Waals surface area (Å²) in [7, 11) is 1.29. The molecule has 3 N–H and O–H groups in total. The number of carbonyl (C=O) groups excluding carboxylic acids is 3. The van der Waals surface area contributed by atoms with Crippen molar-refractivity contribution in [2.75, 3.05) is 7.11 Å². The highest BCUT2D eigenvalue weighted by Crippen LogP contribution is 2.29. The van der Waals surface area contributed by atoms with E-state index in [0.717, 1.165) is 24.5 Å². The largest absolute Gasteiger partial charge is 0.478 e. The van der Waals surface area contributed by atoms with Crippen molar-refractivity contribution in [2.45, 2.75) is 38.8 Å². The Labute approximate surface area is 347 Å². The van der Waals surface area contributed by atoms with Crippen LogP contribution in [0.1, 0.15) is 80.3 Å². The molecule has 4 aromatic carbocycles. The van der Waals surface area contributed by atoms with Crippen LogP contribution >= 0.6 is 0 Å². The van der Waals surface area contributed by atoms with Crippen molar-refractivity contribution < 1.29 is 56.1 Å². The first-order valence-electron chi connectivity index (χ1n) is 18.2. The minimum absolute atomic E-state index is 0.116. The molecule has 0 bridgehead atoms. The van der Waals surface area contributed by atoms with Gasteiger partial charge in [0.25, 0.3) is 11.8 Å². The lowest BCUT2D eigenvalue weighted by atomic mass is 9.93. The van der Waals surface area contributed by atoms with E-state index in [1.165, 1.54) is 67.8 Å². The molecule has 6 aromatic rings. The lowest BCUT2D eigenvalue weighted by Crippen LogP contribution is -2.41. The zero-order valence-corrected chi connectivity index (χ0v) is 33.3. The third-order valence-electron chi connectivity index (χ3n) is 8.91. The van der Waals surface area contributed by atoms with E-state index in [1.807, 2.05) is 0 Å². The fraction of sp³-hybridized carbons (Fsp3) is 0.156. The van der Waals surface area contributed by atoms with Gasteiger partial charge in [0.15, 0.2) is 0 Å². The van der Waals surface area contributed by atoms with Crippen LogP contribution in [0.25, 0.3) is 0 Å². The lowest BCUT2D eigenvalue weighted by molar-refractivity contribution is 0.0599. The molecule has 0 atom stereocenters. The summed E-state index contributed by atoms with van der Waals surface area (Å²) in [6.45, 7) is 6.94. The average molecular weight is 839 g/mol. The molecule has 16 heteroatoms. The Hall–Kier alpha value is -7.62. The maximum atomic E-state index is 13.8. The molecule has 12 nitrogen and oxygen atoms in total. The number of rotatable bonds is 12. The molecular weight excluding hydrogens is 801 g/mol. The van der Waals surface area contributed by atoms with Gasteiger partial charge >= 0.3 is 11.9 Å². The van der Waals surface area contributed by atoms with E-state index in [9.17, 15) is 36.7 Å². The Balaban J connectivity index is 0.000000231. The summed E-state index contributed by atoms with van der Waals surface area (Å²) in [5.74, 6) is -4.93. The van der Waals surface area contributed by atoms with Crippen molar-refractivity contribution in [3.63, 3.8) is 0 Å². The summed E-state index contributed by atoms with van der Waals surface area (Å²) in [4.78, 5) is 56.1. The van der Waals surface area contributed by atoms with E-state index in [0.29, 0.717) is 16.7 Å². The molecule has 6 rings (SSSR count). The van der Waals surface area contributed by atoms with Gasteiger partial charge in [0.05, 0.1) is 41.7 Å². The summed E-state index contributed by atoms with van der Waals surface area (Å²) in [5.41, 5.74) is -0.204. The van der Waals surface area contributed by atoms with Gasteiger partial charge in [0.2, 0.25) is 11.8 Å². The number of aromatic carboxylic acids is 1. The molecule has 0 radical (unpaired) electrons. The number of carboxylic acids is 1. The standard InChI is InChI=1S/C23H20F2N2O4.C22H18F2N2O4/c1-23(2,15-6-4-14(5-7-15)22(29)30-3)27-20(28)19-12-17(25)13-26-21(19)31-18-10-8-16(24)9-11-18;1-22(2,14-5-3-13(4-6-14)21(28)29)26-19(27)18-11-16(24)12-25-20(18)30-17-9-7-15(23)8-10-17/h4-13H,1-3H3,(H,27,28);3-12H,1-2H3,(H,26,27)(H,28,29). The van der Waals surface area contributed by atoms with Crippen molar-refractivity contribution in [1.29, 1.82) is 0 Å². The number of amides is 2. The van der Waals surface area contributed by atoms with Crippen LogP contribution in [0.4, 0.5) is 17.6 Å². The summed E-state index contributed by atoms with van der Waals surface area (Å²) < 4.78 is 69.6. The molecule has 0 aliphatic rings. The van der Waals surface area contributed by atoms with E-state index in [2.05, 4.69) is 25.3 Å². The van der Waals surface area contributed by atoms with Crippen molar-refractivity contribution in [3.8, 4) is 23.3 Å². The first-order valence-corrected chi connectivity index (χ1v) is 18.2. The van der Waals surface area contributed by atoms with Gasteiger partial charge in [-0.1, -0.05) is 24.3 Å². The number of benzene rings is 4. The highest BCUT2D eigenvalue weighted by Gasteiger charge is 2.28. The normalized spacial score (nSPS) is 11.0. The zero-order valence-electron chi connectivity index (χ0n) is 33.3. The molecule has 2 heterocycles. The summed E-state index contributed by atoms with van der Waals surface area (Å²) >= 11 is 0. The van der Waals surface area contributed by atoms with E-state index in [-0.39, 0.29) is 39.9 Å². The van der Waals surface area contributed by atoms with Crippen LogP contribution in [0.5, 0.6) is 23.3 Å². The minimum Gasteiger partial charge on any atom is -0.478 e. The minimum atomic E-state index is -1.06. The monoisotopic (exact) mass is 838 g/mol. The van der Waals surface area contributed by atoms with Crippen LogP contribution in [0.15, 0.2) is 122 Å². The van der Waals surface area contributed by atoms with E-state index >= 15 is 0 Å². The maximum Gasteiger partial charge on any atom is 0.337 e. The molecule has 61 heavy (non-hydrogen) atoms. The van der Waals surface area contributed by atoms with Crippen molar-refractivity contribution in [1.82, 2.24) is 20.6 Å². The fourth-order valence-corrected chi connectivity index (χ4v) is 5.59. The van der Waals surface area contributed by atoms with Crippen LogP contribution < -0.4 is 20.1 Å². The first-order chi connectivity index (χ1) is 28.8.